The smallest absolute Gasteiger partial charge is 0.350 e. The van der Waals surface area contributed by atoms with Gasteiger partial charge in [0.05, 0.1) is 5.69 Å². The van der Waals surface area contributed by atoms with Gasteiger partial charge in [-0.2, -0.15) is 0 Å². The minimum absolute atomic E-state index is 0.259. The summed E-state index contributed by atoms with van der Waals surface area (Å²) in [5.41, 5.74) is 1.56. The zero-order chi connectivity index (χ0) is 12.3. The fourth-order valence-corrected chi connectivity index (χ4v) is 2.39. The van der Waals surface area contributed by atoms with Crippen molar-refractivity contribution in [2.45, 2.75) is 13.5 Å². The summed E-state index contributed by atoms with van der Waals surface area (Å²) < 4.78 is 5.54. The molecule has 1 aromatic carbocycles. The molecule has 5 heteroatoms. The second kappa shape index (κ2) is 5.29. The lowest BCUT2D eigenvalue weighted by molar-refractivity contribution is 0.0477. The van der Waals surface area contributed by atoms with Crippen LogP contribution in [0.5, 0.6) is 0 Å². The Morgan fingerprint density at radius 3 is 2.71 bits per heavy atom. The van der Waals surface area contributed by atoms with E-state index in [-0.39, 0.29) is 12.6 Å². The third kappa shape index (κ3) is 3.05. The maximum Gasteiger partial charge on any atom is 0.350 e. The number of nitrogens with zero attached hydrogens (tertiary/aromatic N) is 1. The van der Waals surface area contributed by atoms with E-state index < -0.39 is 0 Å². The fraction of sp³-hybridized carbons (Fsp3) is 0.167. The molecule has 0 radical (unpaired) electrons. The van der Waals surface area contributed by atoms with Crippen molar-refractivity contribution in [2.75, 3.05) is 0 Å². The van der Waals surface area contributed by atoms with Gasteiger partial charge in [-0.1, -0.05) is 53.3 Å². The van der Waals surface area contributed by atoms with Gasteiger partial charge in [-0.3, -0.25) is 0 Å². The molecule has 1 heterocycles. The van der Waals surface area contributed by atoms with Crippen LogP contribution in [-0.4, -0.2) is 11.0 Å². The van der Waals surface area contributed by atoms with Gasteiger partial charge in [-0.25, -0.2) is 9.78 Å². The van der Waals surface area contributed by atoms with Gasteiger partial charge in [0, 0.05) is 0 Å². The number of aryl methyl sites for hydroxylation is 1. The van der Waals surface area contributed by atoms with Gasteiger partial charge in [0.25, 0.3) is 0 Å². The van der Waals surface area contributed by atoms with Gasteiger partial charge >= 0.3 is 5.97 Å². The van der Waals surface area contributed by atoms with Crippen molar-refractivity contribution < 1.29 is 9.53 Å². The average Bonchev–Trinajstić information content (AvgIpc) is 2.67. The van der Waals surface area contributed by atoms with E-state index in [9.17, 15) is 4.79 Å². The van der Waals surface area contributed by atoms with Crippen LogP contribution in [0.4, 0.5) is 0 Å². The predicted molar refractivity (Wildman–Crippen MR) is 67.4 cm³/mol. The quantitative estimate of drug-likeness (QED) is 0.800. The number of rotatable bonds is 3. The Kier molecular flexibility index (Phi) is 3.76. The van der Waals surface area contributed by atoms with Gasteiger partial charge in [0.2, 0.25) is 0 Å². The highest BCUT2D eigenvalue weighted by molar-refractivity contribution is 7.17. The highest BCUT2D eigenvalue weighted by Crippen LogP contribution is 2.23. The standard InChI is InChI=1S/C12H10ClNO2S/c1-8-10(17-12(13)14-8)11(15)16-7-9-5-3-2-4-6-9/h2-6H,7H2,1H3. The highest BCUT2D eigenvalue weighted by Gasteiger charge is 2.15. The summed E-state index contributed by atoms with van der Waals surface area (Å²) >= 11 is 6.86. The minimum Gasteiger partial charge on any atom is -0.457 e. The van der Waals surface area contributed by atoms with Crippen LogP contribution in [0.15, 0.2) is 30.3 Å². The molecule has 1 aromatic heterocycles. The molecular weight excluding hydrogens is 258 g/mol. The molecule has 2 rings (SSSR count). The third-order valence-corrected chi connectivity index (χ3v) is 3.41. The molecule has 0 N–H and O–H groups in total. The van der Waals surface area contributed by atoms with E-state index in [1.807, 2.05) is 30.3 Å². The molecule has 0 unspecified atom stereocenters. The summed E-state index contributed by atoms with van der Waals surface area (Å²) in [5, 5.41) is 0. The Morgan fingerprint density at radius 1 is 1.41 bits per heavy atom. The Labute approximate surface area is 108 Å². The third-order valence-electron chi connectivity index (χ3n) is 2.17. The average molecular weight is 268 g/mol. The number of benzene rings is 1. The van der Waals surface area contributed by atoms with Gasteiger partial charge < -0.3 is 4.74 Å². The van der Waals surface area contributed by atoms with Crippen molar-refractivity contribution in [2.24, 2.45) is 0 Å². The van der Waals surface area contributed by atoms with Crippen LogP contribution in [0.3, 0.4) is 0 Å². The first-order valence-corrected chi connectivity index (χ1v) is 6.20. The molecule has 0 spiro atoms. The molecule has 2 aromatic rings. The molecule has 0 atom stereocenters. The SMILES string of the molecule is Cc1nc(Cl)sc1C(=O)OCc1ccccc1. The van der Waals surface area contributed by atoms with Crippen molar-refractivity contribution in [1.29, 1.82) is 0 Å². The first-order chi connectivity index (χ1) is 8.16. The monoisotopic (exact) mass is 267 g/mol. The summed E-state index contributed by atoms with van der Waals surface area (Å²) in [5.74, 6) is -0.379. The largest absolute Gasteiger partial charge is 0.457 e. The minimum atomic E-state index is -0.379. The molecule has 0 aliphatic heterocycles. The molecule has 0 amide bonds. The Balaban J connectivity index is 2.01. The van der Waals surface area contributed by atoms with Crippen LogP contribution in [0.25, 0.3) is 0 Å². The second-order valence-electron chi connectivity index (χ2n) is 3.44. The van der Waals surface area contributed by atoms with Crippen molar-refractivity contribution in [1.82, 2.24) is 4.98 Å². The molecule has 0 saturated heterocycles. The molecule has 3 nitrogen and oxygen atoms in total. The van der Waals surface area contributed by atoms with Crippen molar-refractivity contribution in [3.8, 4) is 0 Å². The van der Waals surface area contributed by atoms with Crippen LogP contribution in [0, 0.1) is 6.92 Å². The Bertz CT molecular complexity index is 525. The molecule has 0 aliphatic rings. The van der Waals surface area contributed by atoms with Gasteiger partial charge in [-0.15, -0.1) is 0 Å². The number of esters is 1. The summed E-state index contributed by atoms with van der Waals surface area (Å²) in [6.45, 7) is 2.00. The summed E-state index contributed by atoms with van der Waals surface area (Å²) in [6.07, 6.45) is 0. The van der Waals surface area contributed by atoms with E-state index in [1.165, 1.54) is 0 Å². The van der Waals surface area contributed by atoms with Gasteiger partial charge in [0.15, 0.2) is 4.47 Å². The van der Waals surface area contributed by atoms with Crippen LogP contribution in [-0.2, 0) is 11.3 Å². The van der Waals surface area contributed by atoms with Crippen molar-refractivity contribution >= 4 is 28.9 Å². The number of hydrogen-bond acceptors (Lipinski definition) is 4. The summed E-state index contributed by atoms with van der Waals surface area (Å²) in [7, 11) is 0. The number of hydrogen-bond donors (Lipinski definition) is 0. The number of aromatic nitrogens is 1. The van der Waals surface area contributed by atoms with E-state index in [0.29, 0.717) is 15.0 Å². The molecule has 0 saturated carbocycles. The molecular formula is C12H10ClNO2S. The molecule has 0 bridgehead atoms. The number of thiazole rings is 1. The maximum absolute atomic E-state index is 11.7. The zero-order valence-electron chi connectivity index (χ0n) is 9.14. The van der Waals surface area contributed by atoms with E-state index in [4.69, 9.17) is 16.3 Å². The molecule has 0 fully saturated rings. The van der Waals surface area contributed by atoms with Crippen LogP contribution in [0.1, 0.15) is 20.9 Å². The normalized spacial score (nSPS) is 10.2. The lowest BCUT2D eigenvalue weighted by Gasteiger charge is -2.03. The highest BCUT2D eigenvalue weighted by atomic mass is 35.5. The first-order valence-electron chi connectivity index (χ1n) is 5.01. The Morgan fingerprint density at radius 2 is 2.12 bits per heavy atom. The first kappa shape index (κ1) is 12.1. The molecule has 17 heavy (non-hydrogen) atoms. The zero-order valence-corrected chi connectivity index (χ0v) is 10.7. The van der Waals surface area contributed by atoms with E-state index in [0.717, 1.165) is 16.9 Å². The van der Waals surface area contributed by atoms with Crippen molar-refractivity contribution in [3.63, 3.8) is 0 Å². The van der Waals surface area contributed by atoms with E-state index >= 15 is 0 Å². The lowest BCUT2D eigenvalue weighted by Crippen LogP contribution is -2.04. The topological polar surface area (TPSA) is 39.2 Å². The van der Waals surface area contributed by atoms with Gasteiger partial charge in [0.1, 0.15) is 11.5 Å². The summed E-state index contributed by atoms with van der Waals surface area (Å²) in [4.78, 5) is 16.2. The van der Waals surface area contributed by atoms with Crippen LogP contribution >= 0.6 is 22.9 Å². The maximum atomic E-state index is 11.7. The molecule has 0 aliphatic carbocycles. The summed E-state index contributed by atoms with van der Waals surface area (Å²) in [6, 6.07) is 9.52. The number of ether oxygens (including phenoxy) is 1. The van der Waals surface area contributed by atoms with E-state index in [2.05, 4.69) is 4.98 Å². The van der Waals surface area contributed by atoms with Crippen LogP contribution in [0.2, 0.25) is 4.47 Å². The lowest BCUT2D eigenvalue weighted by atomic mass is 10.2. The second-order valence-corrected chi connectivity index (χ2v) is 5.02. The van der Waals surface area contributed by atoms with Crippen molar-refractivity contribution in [3.05, 3.63) is 50.9 Å². The van der Waals surface area contributed by atoms with Crippen LogP contribution < -0.4 is 0 Å². The predicted octanol–water partition coefficient (Wildman–Crippen LogP) is 3.46. The number of halogens is 1. The van der Waals surface area contributed by atoms with E-state index in [1.54, 1.807) is 6.92 Å². The Hall–Kier alpha value is -1.39. The molecule has 88 valence electrons. The fourth-order valence-electron chi connectivity index (χ4n) is 1.34. The van der Waals surface area contributed by atoms with Gasteiger partial charge in [-0.05, 0) is 12.5 Å². The number of carbonyl (C=O) groups excluding carboxylic acids is 1. The number of carbonyl (C=O) groups is 1.